The highest BCUT2D eigenvalue weighted by Gasteiger charge is 2.17. The van der Waals surface area contributed by atoms with Crippen molar-refractivity contribution in [2.75, 3.05) is 0 Å². The fourth-order valence-corrected chi connectivity index (χ4v) is 3.49. The van der Waals surface area contributed by atoms with Gasteiger partial charge in [-0.1, -0.05) is 66.7 Å². The molecule has 0 amide bonds. The Labute approximate surface area is 158 Å². The summed E-state index contributed by atoms with van der Waals surface area (Å²) in [6.45, 7) is 2.55. The Balaban J connectivity index is 1.65. The zero-order chi connectivity index (χ0) is 18.6. The lowest BCUT2D eigenvalue weighted by molar-refractivity contribution is -0.702. The van der Waals surface area contributed by atoms with Gasteiger partial charge < -0.3 is 5.32 Å². The quantitative estimate of drug-likeness (QED) is 0.598. The summed E-state index contributed by atoms with van der Waals surface area (Å²) in [6.07, 6.45) is 0. The Morgan fingerprint density at radius 2 is 1.52 bits per heavy atom. The molecule has 0 saturated carbocycles. The maximum Gasteiger partial charge on any atom is 0.258 e. The van der Waals surface area contributed by atoms with Gasteiger partial charge in [-0.3, -0.25) is 9.20 Å². The third kappa shape index (κ3) is 3.66. The molecule has 2 heterocycles. The second-order valence-corrected chi connectivity index (χ2v) is 6.69. The molecule has 2 aromatic heterocycles. The largest absolute Gasteiger partial charge is 0.331 e. The first kappa shape index (κ1) is 17.2. The summed E-state index contributed by atoms with van der Waals surface area (Å²) in [5.41, 5.74) is 4.82. The molecule has 0 saturated heterocycles. The molecule has 4 heteroatoms. The van der Waals surface area contributed by atoms with Crippen LogP contribution < -0.4 is 10.9 Å². The minimum Gasteiger partial charge on any atom is -0.331 e. The first-order valence-corrected chi connectivity index (χ1v) is 9.14. The number of aryl methyl sites for hydroxylation is 1. The van der Waals surface area contributed by atoms with Crippen LogP contribution in [0, 0.1) is 6.92 Å². The van der Waals surface area contributed by atoms with E-state index in [-0.39, 0.29) is 11.6 Å². The Morgan fingerprint density at radius 3 is 2.15 bits per heavy atom. The molecule has 134 valence electrons. The first-order valence-electron chi connectivity index (χ1n) is 9.14. The van der Waals surface area contributed by atoms with Crippen molar-refractivity contribution in [3.63, 3.8) is 0 Å². The van der Waals surface area contributed by atoms with Crippen molar-refractivity contribution >= 4 is 5.65 Å². The number of pyridine rings is 1. The zero-order valence-electron chi connectivity index (χ0n) is 15.2. The molecule has 0 radical (unpaired) electrons. The van der Waals surface area contributed by atoms with Gasteiger partial charge in [0.05, 0.1) is 0 Å². The van der Waals surface area contributed by atoms with Crippen LogP contribution in [0.1, 0.15) is 28.6 Å². The van der Waals surface area contributed by atoms with Crippen molar-refractivity contribution in [2.45, 2.75) is 19.5 Å². The van der Waals surface area contributed by atoms with Crippen LogP contribution in [0.4, 0.5) is 0 Å². The molecule has 4 nitrogen and oxygen atoms in total. The number of benzene rings is 2. The predicted molar refractivity (Wildman–Crippen MR) is 107 cm³/mol. The van der Waals surface area contributed by atoms with Gasteiger partial charge in [-0.2, -0.15) is 0 Å². The van der Waals surface area contributed by atoms with Crippen LogP contribution in [-0.4, -0.2) is 9.38 Å². The summed E-state index contributed by atoms with van der Waals surface area (Å²) in [5, 5.41) is 2.23. The Bertz CT molecular complexity index is 1070. The molecular formula is C23H22N3O+. The van der Waals surface area contributed by atoms with Gasteiger partial charge in [-0.25, -0.2) is 4.98 Å². The average molecular weight is 356 g/mol. The van der Waals surface area contributed by atoms with Crippen molar-refractivity contribution in [1.29, 1.82) is 0 Å². The van der Waals surface area contributed by atoms with Crippen molar-refractivity contribution in [3.8, 4) is 0 Å². The van der Waals surface area contributed by atoms with Crippen molar-refractivity contribution < 1.29 is 5.32 Å². The monoisotopic (exact) mass is 356 g/mol. The molecule has 27 heavy (non-hydrogen) atoms. The van der Waals surface area contributed by atoms with Crippen LogP contribution in [0.5, 0.6) is 0 Å². The number of hydrogen-bond acceptors (Lipinski definition) is 2. The van der Waals surface area contributed by atoms with Crippen LogP contribution in [-0.2, 0) is 6.54 Å². The van der Waals surface area contributed by atoms with Gasteiger partial charge in [-0.05, 0) is 19.1 Å². The van der Waals surface area contributed by atoms with Gasteiger partial charge in [0.25, 0.3) is 5.56 Å². The molecule has 0 aliphatic rings. The molecule has 4 rings (SSSR count). The van der Waals surface area contributed by atoms with E-state index in [1.165, 1.54) is 11.1 Å². The van der Waals surface area contributed by atoms with E-state index >= 15 is 0 Å². The standard InChI is InChI=1S/C23H21N3O/c1-17-9-8-14-21-25-20(15-22(27)26(17)21)16-24-23(18-10-4-2-5-11-18)19-12-6-3-7-13-19/h2-15,23-24H,16H2,1H3/p+1. The van der Waals surface area contributed by atoms with Gasteiger partial charge in [0.15, 0.2) is 0 Å². The molecule has 4 aromatic rings. The van der Waals surface area contributed by atoms with Crippen LogP contribution in [0.25, 0.3) is 5.65 Å². The fourth-order valence-electron chi connectivity index (χ4n) is 3.49. The summed E-state index contributed by atoms with van der Waals surface area (Å²) in [4.78, 5) is 17.2. The topological polar surface area (TPSA) is 51.0 Å². The molecule has 2 aromatic carbocycles. The van der Waals surface area contributed by atoms with E-state index in [1.807, 2.05) is 37.3 Å². The number of rotatable bonds is 5. The van der Waals surface area contributed by atoms with Gasteiger partial charge in [0.1, 0.15) is 23.9 Å². The van der Waals surface area contributed by atoms with Gasteiger partial charge in [-0.15, -0.1) is 0 Å². The van der Waals surface area contributed by atoms with Crippen LogP contribution in [0.15, 0.2) is 89.7 Å². The summed E-state index contributed by atoms with van der Waals surface area (Å²) >= 11 is 0. The molecule has 0 unspecified atom stereocenters. The Morgan fingerprint density at radius 1 is 0.889 bits per heavy atom. The predicted octanol–water partition coefficient (Wildman–Crippen LogP) is 2.86. The normalized spacial score (nSPS) is 11.2. The van der Waals surface area contributed by atoms with E-state index in [4.69, 9.17) is 0 Å². The number of nitrogens with zero attached hydrogens (tertiary/aromatic N) is 2. The zero-order valence-corrected chi connectivity index (χ0v) is 15.2. The summed E-state index contributed by atoms with van der Waals surface area (Å²) in [6, 6.07) is 28.4. The van der Waals surface area contributed by atoms with E-state index in [9.17, 15) is 4.79 Å². The highest BCUT2D eigenvalue weighted by Crippen LogP contribution is 2.17. The van der Waals surface area contributed by atoms with Crippen molar-refractivity contribution in [1.82, 2.24) is 9.38 Å². The summed E-state index contributed by atoms with van der Waals surface area (Å²) in [7, 11) is 0. The van der Waals surface area contributed by atoms with E-state index in [1.54, 1.807) is 10.5 Å². The minimum atomic E-state index is -0.0301. The van der Waals surface area contributed by atoms with Crippen LogP contribution in [0.3, 0.4) is 0 Å². The SMILES string of the molecule is Cc1cccc2nc(C[NH2+]C(c3ccccc3)c3ccccc3)cc(=O)n12. The molecule has 2 N–H and O–H groups in total. The Kier molecular flexibility index (Phi) is 4.81. The second-order valence-electron chi connectivity index (χ2n) is 6.69. The van der Waals surface area contributed by atoms with Crippen LogP contribution in [0.2, 0.25) is 0 Å². The van der Waals surface area contributed by atoms with E-state index in [2.05, 4.69) is 58.8 Å². The van der Waals surface area contributed by atoms with E-state index < -0.39 is 0 Å². The minimum absolute atomic E-state index is 0.0301. The summed E-state index contributed by atoms with van der Waals surface area (Å²) < 4.78 is 1.65. The maximum absolute atomic E-state index is 12.5. The van der Waals surface area contributed by atoms with Gasteiger partial charge >= 0.3 is 0 Å². The van der Waals surface area contributed by atoms with Gasteiger partial charge in [0.2, 0.25) is 0 Å². The smallest absolute Gasteiger partial charge is 0.258 e. The van der Waals surface area contributed by atoms with E-state index in [0.29, 0.717) is 12.2 Å². The van der Waals surface area contributed by atoms with Crippen LogP contribution >= 0.6 is 0 Å². The highest BCUT2D eigenvalue weighted by atomic mass is 16.1. The fraction of sp³-hybridized carbons (Fsp3) is 0.130. The lowest BCUT2D eigenvalue weighted by Gasteiger charge is -2.16. The first-order chi connectivity index (χ1) is 13.2. The lowest BCUT2D eigenvalue weighted by atomic mass is 9.98. The number of aromatic nitrogens is 2. The molecule has 0 fully saturated rings. The molecule has 0 atom stereocenters. The van der Waals surface area contributed by atoms with Crippen molar-refractivity contribution in [3.05, 3.63) is 118 Å². The molecular weight excluding hydrogens is 334 g/mol. The van der Waals surface area contributed by atoms with E-state index in [0.717, 1.165) is 11.4 Å². The molecule has 0 spiro atoms. The third-order valence-corrected chi connectivity index (χ3v) is 4.81. The molecule has 0 bridgehead atoms. The molecule has 0 aliphatic heterocycles. The van der Waals surface area contributed by atoms with Crippen molar-refractivity contribution in [2.24, 2.45) is 0 Å². The van der Waals surface area contributed by atoms with Gasteiger partial charge in [0, 0.05) is 22.9 Å². The number of hydrogen-bond donors (Lipinski definition) is 1. The summed E-state index contributed by atoms with van der Waals surface area (Å²) in [5.74, 6) is 0. The lowest BCUT2D eigenvalue weighted by Crippen LogP contribution is -2.84. The maximum atomic E-state index is 12.5. The number of nitrogens with two attached hydrogens (primary N) is 1. The number of quaternary nitrogens is 1. The molecule has 0 aliphatic carbocycles. The third-order valence-electron chi connectivity index (χ3n) is 4.81. The Hall–Kier alpha value is -3.24. The highest BCUT2D eigenvalue weighted by molar-refractivity contribution is 5.40. The second kappa shape index (κ2) is 7.56. The number of fused-ring (bicyclic) bond motifs is 1. The average Bonchev–Trinajstić information content (AvgIpc) is 2.70.